The van der Waals surface area contributed by atoms with Crippen LogP contribution in [0.5, 0.6) is 0 Å². The van der Waals surface area contributed by atoms with E-state index < -0.39 is 5.82 Å². The van der Waals surface area contributed by atoms with E-state index in [0.29, 0.717) is 18.8 Å². The maximum absolute atomic E-state index is 13.5. The number of pyridine rings is 1. The third-order valence-electron chi connectivity index (χ3n) is 6.85. The molecule has 4 heterocycles. The van der Waals surface area contributed by atoms with Crippen molar-refractivity contribution < 1.29 is 9.18 Å². The third-order valence-corrected chi connectivity index (χ3v) is 6.85. The van der Waals surface area contributed by atoms with Gasteiger partial charge in [-0.3, -0.25) is 20.1 Å². The Kier molecular flexibility index (Phi) is 6.61. The Bertz CT molecular complexity index is 1620. The zero-order chi connectivity index (χ0) is 27.6. The number of benzene rings is 2. The van der Waals surface area contributed by atoms with Crippen LogP contribution in [0.4, 0.5) is 21.6 Å². The Morgan fingerprint density at radius 2 is 2.00 bits per heavy atom. The topological polar surface area (TPSA) is 144 Å². The average Bonchev–Trinajstić information content (AvgIpc) is 3.35. The van der Waals surface area contributed by atoms with Gasteiger partial charge in [-0.15, -0.1) is 0 Å². The lowest BCUT2D eigenvalue weighted by Crippen LogP contribution is -2.23. The highest BCUT2D eigenvalue weighted by Crippen LogP contribution is 2.43. The van der Waals surface area contributed by atoms with Crippen molar-refractivity contribution >= 4 is 47.3 Å². The van der Waals surface area contributed by atoms with Gasteiger partial charge < -0.3 is 16.4 Å². The van der Waals surface area contributed by atoms with Crippen molar-refractivity contribution in [2.45, 2.75) is 25.3 Å². The number of rotatable bonds is 5. The molecule has 0 radical (unpaired) electrons. The number of nitrogens with zero attached hydrogens (tertiary/aromatic N) is 5. The fourth-order valence-corrected chi connectivity index (χ4v) is 4.77. The molecule has 1 unspecified atom stereocenters. The molecule has 40 heavy (non-hydrogen) atoms. The molecule has 1 atom stereocenters. The van der Waals surface area contributed by atoms with Gasteiger partial charge in [0.25, 0.3) is 5.91 Å². The smallest absolute Gasteiger partial charge is 0.251 e. The van der Waals surface area contributed by atoms with Gasteiger partial charge in [-0.1, -0.05) is 18.2 Å². The second-order valence-electron chi connectivity index (χ2n) is 9.54. The van der Waals surface area contributed by atoms with Gasteiger partial charge in [-0.05, 0) is 60.9 Å². The summed E-state index contributed by atoms with van der Waals surface area (Å²) in [6.45, 7) is 0.753. The molecular formula is C29H26FN9O. The van der Waals surface area contributed by atoms with Crippen molar-refractivity contribution in [1.82, 2.24) is 10.3 Å². The quantitative estimate of drug-likeness (QED) is 0.386. The van der Waals surface area contributed by atoms with Gasteiger partial charge in [0.05, 0.1) is 23.8 Å². The number of amidine groups is 1. The number of anilines is 3. The number of hydrogen-bond acceptors (Lipinski definition) is 8. The maximum Gasteiger partial charge on any atom is 0.251 e. The van der Waals surface area contributed by atoms with Gasteiger partial charge in [0.1, 0.15) is 11.6 Å². The summed E-state index contributed by atoms with van der Waals surface area (Å²) in [5.74, 6) is 1.02. The summed E-state index contributed by atoms with van der Waals surface area (Å²) in [5, 5.41) is 14.7. The summed E-state index contributed by atoms with van der Waals surface area (Å²) in [5.41, 5.74) is 10.1. The van der Waals surface area contributed by atoms with Crippen LogP contribution in [0.2, 0.25) is 0 Å². The average molecular weight is 536 g/mol. The van der Waals surface area contributed by atoms with Crippen molar-refractivity contribution in [1.29, 1.82) is 5.41 Å². The summed E-state index contributed by atoms with van der Waals surface area (Å²) in [6, 6.07) is 17.2. The molecule has 1 aromatic heterocycles. The zero-order valence-electron chi connectivity index (χ0n) is 21.4. The van der Waals surface area contributed by atoms with Gasteiger partial charge in [-0.2, -0.15) is 0 Å². The number of hydrogen-bond donors (Lipinski definition) is 4. The monoisotopic (exact) mass is 535 g/mol. The van der Waals surface area contributed by atoms with Gasteiger partial charge in [-0.25, -0.2) is 19.4 Å². The van der Waals surface area contributed by atoms with E-state index in [0.717, 1.165) is 40.4 Å². The SMILES string of the molecule is N=C1N=CCCC1=C1Nc2ccc(C3C=NC(N)=NC3)nc2N1c1ccc(CNC(=O)c2cccc(F)c2)cc1. The van der Waals surface area contributed by atoms with Gasteiger partial charge in [0, 0.05) is 35.8 Å². The van der Waals surface area contributed by atoms with Crippen LogP contribution in [-0.2, 0) is 6.54 Å². The van der Waals surface area contributed by atoms with Gasteiger partial charge >= 0.3 is 0 Å². The fraction of sp³-hybridized carbons (Fsp3) is 0.172. The number of guanidine groups is 1. The first-order valence-electron chi connectivity index (χ1n) is 12.9. The predicted octanol–water partition coefficient (Wildman–Crippen LogP) is 4.25. The molecule has 10 nitrogen and oxygen atoms in total. The van der Waals surface area contributed by atoms with Crippen molar-refractivity contribution in [3.8, 4) is 0 Å². The van der Waals surface area contributed by atoms with E-state index >= 15 is 0 Å². The molecule has 0 saturated heterocycles. The van der Waals surface area contributed by atoms with Crippen LogP contribution in [0.3, 0.4) is 0 Å². The Hall–Kier alpha value is -5.19. The van der Waals surface area contributed by atoms with Crippen LogP contribution in [0, 0.1) is 11.2 Å². The minimum Gasteiger partial charge on any atom is -0.368 e. The maximum atomic E-state index is 13.5. The first-order valence-corrected chi connectivity index (χ1v) is 12.9. The summed E-state index contributed by atoms with van der Waals surface area (Å²) >= 11 is 0. The summed E-state index contributed by atoms with van der Waals surface area (Å²) in [4.78, 5) is 32.1. The predicted molar refractivity (Wildman–Crippen MR) is 154 cm³/mol. The van der Waals surface area contributed by atoms with Crippen LogP contribution in [0.15, 0.2) is 87.0 Å². The number of nitrogens with one attached hydrogen (secondary N) is 3. The number of aromatic nitrogens is 1. The minimum absolute atomic E-state index is 0.0993. The van der Waals surface area contributed by atoms with E-state index in [1.807, 2.05) is 41.3 Å². The Morgan fingerprint density at radius 3 is 2.75 bits per heavy atom. The highest BCUT2D eigenvalue weighted by Gasteiger charge is 2.32. The lowest BCUT2D eigenvalue weighted by molar-refractivity contribution is 0.0950. The highest BCUT2D eigenvalue weighted by atomic mass is 19.1. The molecule has 11 heteroatoms. The fourth-order valence-electron chi connectivity index (χ4n) is 4.77. The molecule has 3 aliphatic heterocycles. The van der Waals surface area contributed by atoms with E-state index in [1.165, 1.54) is 18.2 Å². The molecule has 0 aliphatic carbocycles. The second kappa shape index (κ2) is 10.5. The number of halogens is 1. The molecule has 1 amide bonds. The zero-order valence-corrected chi connectivity index (χ0v) is 21.4. The standard InChI is InChI=1S/C29H26FN9O/c30-20-4-1-3-18(13-20)28(40)34-14-17-6-8-21(9-7-17)39-26(22-5-2-12-33-25(22)31)38-24-11-10-23(37-27(24)39)19-15-35-29(32)36-16-19/h1,3-4,6-13,15,19,31,38H,2,5,14,16H2,(H2,32,36)(H,34,40). The molecule has 5 N–H and O–H groups in total. The molecule has 200 valence electrons. The highest BCUT2D eigenvalue weighted by molar-refractivity contribution is 6.05. The number of carbonyl (C=O) groups excluding carboxylic acids is 1. The Labute approximate surface area is 229 Å². The first kappa shape index (κ1) is 25.1. The molecule has 0 fully saturated rings. The number of aliphatic imine (C=N–C) groups is 3. The number of amides is 1. The van der Waals surface area contributed by atoms with Crippen LogP contribution in [0.25, 0.3) is 0 Å². The Morgan fingerprint density at radius 1 is 1.15 bits per heavy atom. The van der Waals surface area contributed by atoms with E-state index in [9.17, 15) is 9.18 Å². The van der Waals surface area contributed by atoms with E-state index in [1.54, 1.807) is 18.5 Å². The van der Waals surface area contributed by atoms with Gasteiger partial charge in [0.2, 0.25) is 5.96 Å². The van der Waals surface area contributed by atoms with Crippen LogP contribution >= 0.6 is 0 Å². The molecule has 6 rings (SSSR count). The molecule has 2 aromatic carbocycles. The molecule has 0 bridgehead atoms. The van der Waals surface area contributed by atoms with Crippen LogP contribution in [0.1, 0.15) is 40.4 Å². The van der Waals surface area contributed by atoms with E-state index in [2.05, 4.69) is 25.6 Å². The first-order chi connectivity index (χ1) is 19.5. The van der Waals surface area contributed by atoms with Crippen molar-refractivity contribution in [2.24, 2.45) is 20.7 Å². The number of fused-ring (bicyclic) bond motifs is 1. The normalized spacial score (nSPS) is 19.7. The molecule has 0 spiro atoms. The number of carbonyl (C=O) groups is 1. The van der Waals surface area contributed by atoms with Crippen molar-refractivity contribution in [2.75, 3.05) is 16.8 Å². The van der Waals surface area contributed by atoms with Crippen molar-refractivity contribution in [3.63, 3.8) is 0 Å². The Balaban J connectivity index is 1.30. The third kappa shape index (κ3) is 4.96. The van der Waals surface area contributed by atoms with E-state index in [4.69, 9.17) is 16.1 Å². The molecular weight excluding hydrogens is 509 g/mol. The molecule has 3 aliphatic rings. The number of nitrogens with two attached hydrogens (primary N) is 1. The van der Waals surface area contributed by atoms with Crippen LogP contribution < -0.4 is 21.3 Å². The molecule has 0 saturated carbocycles. The second-order valence-corrected chi connectivity index (χ2v) is 9.54. The minimum atomic E-state index is -0.456. The summed E-state index contributed by atoms with van der Waals surface area (Å²) in [7, 11) is 0. The van der Waals surface area contributed by atoms with Gasteiger partial charge in [0.15, 0.2) is 11.7 Å². The van der Waals surface area contributed by atoms with E-state index in [-0.39, 0.29) is 35.7 Å². The lowest BCUT2D eigenvalue weighted by Gasteiger charge is -2.24. The molecule has 3 aromatic rings. The van der Waals surface area contributed by atoms with Crippen molar-refractivity contribution in [3.05, 3.63) is 94.7 Å². The summed E-state index contributed by atoms with van der Waals surface area (Å²) in [6.07, 6.45) is 4.95. The lowest BCUT2D eigenvalue weighted by atomic mass is 10.1. The largest absolute Gasteiger partial charge is 0.368 e. The van der Waals surface area contributed by atoms with Crippen LogP contribution in [-0.4, -0.2) is 41.7 Å². The summed E-state index contributed by atoms with van der Waals surface area (Å²) < 4.78 is 13.5.